The molecule has 18 heavy (non-hydrogen) atoms. The number of nitriles is 1. The molecule has 0 aliphatic rings. The second kappa shape index (κ2) is 4.75. The molecule has 0 unspecified atom stereocenters. The first-order valence-corrected chi connectivity index (χ1v) is 5.52. The van der Waals surface area contributed by atoms with Crippen LogP contribution in [0.5, 0.6) is 0 Å². The van der Waals surface area contributed by atoms with Crippen LogP contribution in [0.3, 0.4) is 0 Å². The van der Waals surface area contributed by atoms with Crippen molar-refractivity contribution in [3.63, 3.8) is 0 Å². The second-order valence-corrected chi connectivity index (χ2v) is 3.89. The van der Waals surface area contributed by atoms with Crippen molar-refractivity contribution >= 4 is 22.9 Å². The highest BCUT2D eigenvalue weighted by Crippen LogP contribution is 2.20. The fourth-order valence-electron chi connectivity index (χ4n) is 1.83. The Morgan fingerprint density at radius 1 is 1.61 bits per heavy atom. The molecule has 1 heterocycles. The van der Waals surface area contributed by atoms with E-state index in [1.54, 1.807) is 16.7 Å². The van der Waals surface area contributed by atoms with Crippen molar-refractivity contribution < 1.29 is 4.79 Å². The van der Waals surface area contributed by atoms with Gasteiger partial charge in [0.25, 0.3) is 0 Å². The average Bonchev–Trinajstić information content (AvgIpc) is 2.65. The first-order valence-electron chi connectivity index (χ1n) is 5.52. The van der Waals surface area contributed by atoms with E-state index in [2.05, 4.69) is 16.4 Å². The molecule has 0 aliphatic carbocycles. The molecular weight excluding hydrogens is 230 g/mol. The van der Waals surface area contributed by atoms with Gasteiger partial charge >= 0.3 is 0 Å². The smallest absolute Gasteiger partial charge is 0.216 e. The minimum Gasteiger partial charge on any atom is -0.369 e. The number of nitrogens with two attached hydrogens (primary N) is 1. The number of para-hydroxylation sites is 1. The summed E-state index contributed by atoms with van der Waals surface area (Å²) in [6.07, 6.45) is 0. The van der Waals surface area contributed by atoms with E-state index >= 15 is 0 Å². The third-order valence-corrected chi connectivity index (χ3v) is 2.64. The summed E-state index contributed by atoms with van der Waals surface area (Å²) in [5, 5.41) is 11.7. The number of rotatable bonds is 3. The molecule has 2 rings (SSSR count). The maximum atomic E-state index is 10.8. The Labute approximate surface area is 104 Å². The van der Waals surface area contributed by atoms with Gasteiger partial charge in [0.05, 0.1) is 11.1 Å². The molecule has 6 heteroatoms. The van der Waals surface area contributed by atoms with Crippen molar-refractivity contribution in [2.45, 2.75) is 13.5 Å². The van der Waals surface area contributed by atoms with Gasteiger partial charge in [-0.3, -0.25) is 4.79 Å². The molecule has 6 nitrogen and oxygen atoms in total. The van der Waals surface area contributed by atoms with Gasteiger partial charge in [0, 0.05) is 20.0 Å². The van der Waals surface area contributed by atoms with Gasteiger partial charge in [-0.2, -0.15) is 5.26 Å². The highest BCUT2D eigenvalue weighted by atomic mass is 16.1. The standard InChI is InChI=1S/C12H13N5O/c1-8(18)15-5-6-17-10-4-2-3-9(7-13)11(10)16-12(17)14/h2-4H,5-6H2,1H3,(H2,14,16)(H,15,18). The first kappa shape index (κ1) is 11.9. The monoisotopic (exact) mass is 243 g/mol. The van der Waals surface area contributed by atoms with E-state index in [1.807, 2.05) is 6.07 Å². The van der Waals surface area contributed by atoms with E-state index in [9.17, 15) is 4.79 Å². The highest BCUT2D eigenvalue weighted by Gasteiger charge is 2.10. The summed E-state index contributed by atoms with van der Waals surface area (Å²) < 4.78 is 1.78. The molecule has 0 atom stereocenters. The van der Waals surface area contributed by atoms with Crippen LogP contribution in [0.1, 0.15) is 12.5 Å². The Morgan fingerprint density at radius 2 is 2.39 bits per heavy atom. The molecule has 0 fully saturated rings. The lowest BCUT2D eigenvalue weighted by molar-refractivity contribution is -0.118. The topological polar surface area (TPSA) is 96.7 Å². The Balaban J connectivity index is 2.36. The number of fused-ring (bicyclic) bond motifs is 1. The number of carbonyl (C=O) groups is 1. The molecule has 2 aromatic rings. The van der Waals surface area contributed by atoms with Gasteiger partial charge in [-0.1, -0.05) is 6.07 Å². The van der Waals surface area contributed by atoms with Gasteiger partial charge in [-0.25, -0.2) is 4.98 Å². The Morgan fingerprint density at radius 3 is 3.06 bits per heavy atom. The number of amides is 1. The number of hydrogen-bond acceptors (Lipinski definition) is 4. The molecule has 1 aromatic heterocycles. The van der Waals surface area contributed by atoms with Crippen LogP contribution in [0.4, 0.5) is 5.95 Å². The molecule has 1 amide bonds. The van der Waals surface area contributed by atoms with Crippen LogP contribution >= 0.6 is 0 Å². The predicted molar refractivity (Wildman–Crippen MR) is 67.5 cm³/mol. The fourth-order valence-corrected chi connectivity index (χ4v) is 1.83. The third-order valence-electron chi connectivity index (χ3n) is 2.64. The number of carbonyl (C=O) groups excluding carboxylic acids is 1. The van der Waals surface area contributed by atoms with Gasteiger partial charge in [-0.15, -0.1) is 0 Å². The van der Waals surface area contributed by atoms with E-state index in [0.717, 1.165) is 5.52 Å². The number of nitrogens with zero attached hydrogens (tertiary/aromatic N) is 3. The minimum atomic E-state index is -0.0873. The van der Waals surface area contributed by atoms with Crippen LogP contribution in [-0.4, -0.2) is 22.0 Å². The van der Waals surface area contributed by atoms with E-state index in [1.165, 1.54) is 6.92 Å². The lowest BCUT2D eigenvalue weighted by Gasteiger charge is -2.06. The molecule has 0 spiro atoms. The zero-order chi connectivity index (χ0) is 13.1. The van der Waals surface area contributed by atoms with E-state index in [-0.39, 0.29) is 5.91 Å². The zero-order valence-corrected chi connectivity index (χ0v) is 9.97. The largest absolute Gasteiger partial charge is 0.369 e. The van der Waals surface area contributed by atoms with Gasteiger partial charge in [-0.05, 0) is 12.1 Å². The third kappa shape index (κ3) is 2.11. The van der Waals surface area contributed by atoms with Crippen molar-refractivity contribution in [1.29, 1.82) is 5.26 Å². The van der Waals surface area contributed by atoms with E-state index in [4.69, 9.17) is 11.0 Å². The summed E-state index contributed by atoms with van der Waals surface area (Å²) in [5.41, 5.74) is 7.72. The summed E-state index contributed by atoms with van der Waals surface area (Å²) in [4.78, 5) is 15.0. The average molecular weight is 243 g/mol. The summed E-state index contributed by atoms with van der Waals surface area (Å²) in [5.74, 6) is 0.258. The number of aromatic nitrogens is 2. The number of hydrogen-bond donors (Lipinski definition) is 2. The molecule has 0 radical (unpaired) electrons. The second-order valence-electron chi connectivity index (χ2n) is 3.89. The summed E-state index contributed by atoms with van der Waals surface area (Å²) in [6, 6.07) is 7.43. The molecule has 0 saturated carbocycles. The lowest BCUT2D eigenvalue weighted by Crippen LogP contribution is -2.24. The molecule has 0 bridgehead atoms. The number of imidazole rings is 1. The number of nitrogens with one attached hydrogen (secondary N) is 1. The van der Waals surface area contributed by atoms with Crippen molar-refractivity contribution in [2.24, 2.45) is 0 Å². The maximum Gasteiger partial charge on any atom is 0.216 e. The quantitative estimate of drug-likeness (QED) is 0.826. The van der Waals surface area contributed by atoms with Crippen LogP contribution in [0, 0.1) is 11.3 Å². The van der Waals surface area contributed by atoms with Gasteiger partial charge < -0.3 is 15.6 Å². The van der Waals surface area contributed by atoms with Crippen molar-refractivity contribution in [3.05, 3.63) is 23.8 Å². The maximum absolute atomic E-state index is 10.8. The normalized spacial score (nSPS) is 10.2. The molecular formula is C12H13N5O. The van der Waals surface area contributed by atoms with Crippen LogP contribution in [0.15, 0.2) is 18.2 Å². The SMILES string of the molecule is CC(=O)NCCn1c(N)nc2c(C#N)cccc21. The van der Waals surface area contributed by atoms with E-state index < -0.39 is 0 Å². The Bertz CT molecular complexity index is 638. The molecule has 92 valence electrons. The molecule has 0 saturated heterocycles. The highest BCUT2D eigenvalue weighted by molar-refractivity contribution is 5.84. The summed E-state index contributed by atoms with van der Waals surface area (Å²) in [6.45, 7) is 2.46. The minimum absolute atomic E-state index is 0.0873. The van der Waals surface area contributed by atoms with Crippen molar-refractivity contribution in [1.82, 2.24) is 14.9 Å². The molecule has 1 aromatic carbocycles. The van der Waals surface area contributed by atoms with Gasteiger partial charge in [0.1, 0.15) is 11.6 Å². The predicted octanol–water partition coefficient (Wildman–Crippen LogP) is 0.626. The zero-order valence-electron chi connectivity index (χ0n) is 9.97. The summed E-state index contributed by atoms with van der Waals surface area (Å²) in [7, 11) is 0. The van der Waals surface area contributed by atoms with Crippen molar-refractivity contribution in [2.75, 3.05) is 12.3 Å². The number of anilines is 1. The fraction of sp³-hybridized carbons (Fsp3) is 0.250. The Hall–Kier alpha value is -2.55. The van der Waals surface area contributed by atoms with Crippen LogP contribution in [0.25, 0.3) is 11.0 Å². The molecule has 0 aliphatic heterocycles. The van der Waals surface area contributed by atoms with Gasteiger partial charge in [0.2, 0.25) is 11.9 Å². The summed E-state index contributed by atoms with van der Waals surface area (Å²) >= 11 is 0. The Kier molecular flexibility index (Phi) is 3.15. The van der Waals surface area contributed by atoms with Crippen LogP contribution in [-0.2, 0) is 11.3 Å². The van der Waals surface area contributed by atoms with Crippen LogP contribution < -0.4 is 11.1 Å². The lowest BCUT2D eigenvalue weighted by atomic mass is 10.2. The number of nitrogen functional groups attached to an aromatic ring is 1. The first-order chi connectivity index (χ1) is 8.63. The number of benzene rings is 1. The van der Waals surface area contributed by atoms with E-state index in [0.29, 0.717) is 30.1 Å². The van der Waals surface area contributed by atoms with Gasteiger partial charge in [0.15, 0.2) is 0 Å². The van der Waals surface area contributed by atoms with Crippen LogP contribution in [0.2, 0.25) is 0 Å². The molecule has 3 N–H and O–H groups in total. The van der Waals surface area contributed by atoms with Crippen molar-refractivity contribution in [3.8, 4) is 6.07 Å².